The Kier molecular flexibility index (Phi) is 4.44. The third-order valence-corrected chi connectivity index (χ3v) is 3.34. The lowest BCUT2D eigenvalue weighted by Gasteiger charge is -2.26. The second kappa shape index (κ2) is 6.07. The van der Waals surface area contributed by atoms with Crippen molar-refractivity contribution >= 4 is 23.3 Å². The van der Waals surface area contributed by atoms with Crippen molar-refractivity contribution in [2.45, 2.75) is 37.8 Å². The molecule has 1 aromatic carbocycles. The normalized spacial score (nSPS) is 23.4. The zero-order chi connectivity index (χ0) is 13.0. The SMILES string of the molecule is O=C(Nc1ccc(Cl)cc1)N[C@@H]1CCC[C@@H](O)C1. The van der Waals surface area contributed by atoms with Crippen LogP contribution in [0.15, 0.2) is 24.3 Å². The number of rotatable bonds is 2. The first-order valence-electron chi connectivity index (χ1n) is 6.14. The van der Waals surface area contributed by atoms with E-state index < -0.39 is 0 Å². The van der Waals surface area contributed by atoms with Gasteiger partial charge in [-0.1, -0.05) is 11.6 Å². The number of hydrogen-bond acceptors (Lipinski definition) is 2. The minimum absolute atomic E-state index is 0.0565. The molecule has 2 amide bonds. The number of anilines is 1. The molecule has 1 aliphatic carbocycles. The van der Waals surface area contributed by atoms with E-state index in [1.807, 2.05) is 0 Å². The second-order valence-electron chi connectivity index (χ2n) is 4.62. The van der Waals surface area contributed by atoms with Crippen molar-refractivity contribution in [2.24, 2.45) is 0 Å². The van der Waals surface area contributed by atoms with E-state index in [1.165, 1.54) is 0 Å². The molecule has 2 atom stereocenters. The predicted molar refractivity (Wildman–Crippen MR) is 71.9 cm³/mol. The number of nitrogens with one attached hydrogen (secondary N) is 2. The van der Waals surface area contributed by atoms with Crippen molar-refractivity contribution < 1.29 is 9.90 Å². The van der Waals surface area contributed by atoms with Gasteiger partial charge in [0.2, 0.25) is 0 Å². The van der Waals surface area contributed by atoms with Gasteiger partial charge < -0.3 is 15.7 Å². The first kappa shape index (κ1) is 13.2. The Balaban J connectivity index is 1.83. The van der Waals surface area contributed by atoms with E-state index in [9.17, 15) is 9.90 Å². The van der Waals surface area contributed by atoms with Gasteiger partial charge in [-0.2, -0.15) is 0 Å². The van der Waals surface area contributed by atoms with Crippen LogP contribution in [0.1, 0.15) is 25.7 Å². The molecule has 1 fully saturated rings. The molecule has 0 spiro atoms. The fourth-order valence-corrected chi connectivity index (χ4v) is 2.31. The van der Waals surface area contributed by atoms with Gasteiger partial charge >= 0.3 is 6.03 Å². The molecule has 0 bridgehead atoms. The minimum Gasteiger partial charge on any atom is -0.393 e. The van der Waals surface area contributed by atoms with Crippen LogP contribution in [0.5, 0.6) is 0 Å². The second-order valence-corrected chi connectivity index (χ2v) is 5.06. The van der Waals surface area contributed by atoms with Gasteiger partial charge in [-0.05, 0) is 49.9 Å². The summed E-state index contributed by atoms with van der Waals surface area (Å²) < 4.78 is 0. The molecule has 0 heterocycles. The highest BCUT2D eigenvalue weighted by atomic mass is 35.5. The Hall–Kier alpha value is -1.26. The minimum atomic E-state index is -0.292. The van der Waals surface area contributed by atoms with E-state index in [-0.39, 0.29) is 18.2 Å². The van der Waals surface area contributed by atoms with Crippen LogP contribution in [0.4, 0.5) is 10.5 Å². The number of hydrogen-bond donors (Lipinski definition) is 3. The van der Waals surface area contributed by atoms with E-state index in [1.54, 1.807) is 24.3 Å². The van der Waals surface area contributed by atoms with Gasteiger partial charge in [-0.15, -0.1) is 0 Å². The summed E-state index contributed by atoms with van der Waals surface area (Å²) in [6, 6.07) is 6.76. The largest absolute Gasteiger partial charge is 0.393 e. The number of carbonyl (C=O) groups is 1. The number of halogens is 1. The van der Waals surface area contributed by atoms with Crippen molar-refractivity contribution in [3.63, 3.8) is 0 Å². The molecule has 0 radical (unpaired) electrons. The summed E-state index contributed by atoms with van der Waals surface area (Å²) in [6.45, 7) is 0. The van der Waals surface area contributed by atoms with Crippen LogP contribution in [0, 0.1) is 0 Å². The molecule has 0 unspecified atom stereocenters. The summed E-state index contributed by atoms with van der Waals surface area (Å²) in [5, 5.41) is 15.8. The molecular formula is C13H17ClN2O2. The topological polar surface area (TPSA) is 61.4 Å². The lowest BCUT2D eigenvalue weighted by molar-refractivity contribution is 0.114. The van der Waals surface area contributed by atoms with Crippen LogP contribution in [-0.4, -0.2) is 23.3 Å². The van der Waals surface area contributed by atoms with Crippen LogP contribution >= 0.6 is 11.6 Å². The standard InChI is InChI=1S/C13H17ClN2O2/c14-9-4-6-10(7-5-9)15-13(18)16-11-2-1-3-12(17)8-11/h4-7,11-12,17H,1-3,8H2,(H2,15,16,18)/t11-,12-/m1/s1. The number of amides is 2. The van der Waals surface area contributed by atoms with Crippen molar-refractivity contribution in [1.82, 2.24) is 5.32 Å². The lowest BCUT2D eigenvalue weighted by Crippen LogP contribution is -2.41. The van der Waals surface area contributed by atoms with E-state index in [2.05, 4.69) is 10.6 Å². The van der Waals surface area contributed by atoms with Gasteiger partial charge in [0, 0.05) is 16.8 Å². The average Bonchev–Trinajstić information content (AvgIpc) is 2.32. The molecule has 0 saturated heterocycles. The van der Waals surface area contributed by atoms with Crippen molar-refractivity contribution in [1.29, 1.82) is 0 Å². The number of carbonyl (C=O) groups excluding carboxylic acids is 1. The molecule has 1 saturated carbocycles. The Morgan fingerprint density at radius 3 is 2.67 bits per heavy atom. The first-order valence-corrected chi connectivity index (χ1v) is 6.52. The summed E-state index contributed by atoms with van der Waals surface area (Å²) >= 11 is 5.76. The van der Waals surface area contributed by atoms with Gasteiger partial charge in [-0.25, -0.2) is 4.79 Å². The molecule has 0 aromatic heterocycles. The fourth-order valence-electron chi connectivity index (χ4n) is 2.18. The first-order chi connectivity index (χ1) is 8.63. The maximum absolute atomic E-state index is 11.7. The molecule has 5 heteroatoms. The molecule has 1 aromatic rings. The molecule has 1 aliphatic rings. The van der Waals surface area contributed by atoms with E-state index >= 15 is 0 Å². The Labute approximate surface area is 111 Å². The van der Waals surface area contributed by atoms with Gasteiger partial charge in [-0.3, -0.25) is 0 Å². The molecule has 18 heavy (non-hydrogen) atoms. The van der Waals surface area contributed by atoms with E-state index in [4.69, 9.17) is 11.6 Å². The Bertz CT molecular complexity index is 408. The van der Waals surface area contributed by atoms with Crippen LogP contribution in [0.25, 0.3) is 0 Å². The zero-order valence-electron chi connectivity index (χ0n) is 10.0. The summed E-state index contributed by atoms with van der Waals surface area (Å²) in [7, 11) is 0. The summed E-state index contributed by atoms with van der Waals surface area (Å²) in [4.78, 5) is 11.7. The van der Waals surface area contributed by atoms with Gasteiger partial charge in [0.1, 0.15) is 0 Å². The Morgan fingerprint density at radius 2 is 2.00 bits per heavy atom. The number of benzene rings is 1. The zero-order valence-corrected chi connectivity index (χ0v) is 10.8. The molecule has 4 nitrogen and oxygen atoms in total. The van der Waals surface area contributed by atoms with E-state index in [0.717, 1.165) is 19.3 Å². The number of urea groups is 1. The third-order valence-electron chi connectivity index (χ3n) is 3.08. The molecular weight excluding hydrogens is 252 g/mol. The number of aliphatic hydroxyl groups is 1. The fraction of sp³-hybridized carbons (Fsp3) is 0.462. The summed E-state index contributed by atoms with van der Waals surface area (Å²) in [6.07, 6.45) is 3.04. The average molecular weight is 269 g/mol. The highest BCUT2D eigenvalue weighted by molar-refractivity contribution is 6.30. The van der Waals surface area contributed by atoms with Gasteiger partial charge in [0.25, 0.3) is 0 Å². The highest BCUT2D eigenvalue weighted by Gasteiger charge is 2.21. The van der Waals surface area contributed by atoms with Crippen molar-refractivity contribution in [2.75, 3.05) is 5.32 Å². The summed E-state index contributed by atoms with van der Waals surface area (Å²) in [5.74, 6) is 0. The quantitative estimate of drug-likeness (QED) is 0.772. The van der Waals surface area contributed by atoms with Crippen LogP contribution in [-0.2, 0) is 0 Å². The predicted octanol–water partition coefficient (Wildman–Crippen LogP) is 2.77. The van der Waals surface area contributed by atoms with Crippen LogP contribution < -0.4 is 10.6 Å². The lowest BCUT2D eigenvalue weighted by atomic mass is 9.93. The molecule has 3 N–H and O–H groups in total. The Morgan fingerprint density at radius 1 is 1.28 bits per heavy atom. The van der Waals surface area contributed by atoms with Crippen LogP contribution in [0.2, 0.25) is 5.02 Å². The molecule has 2 rings (SSSR count). The maximum Gasteiger partial charge on any atom is 0.319 e. The van der Waals surface area contributed by atoms with Gasteiger partial charge in [0.15, 0.2) is 0 Å². The molecule has 98 valence electrons. The third kappa shape index (κ3) is 3.89. The smallest absolute Gasteiger partial charge is 0.319 e. The van der Waals surface area contributed by atoms with E-state index in [0.29, 0.717) is 17.1 Å². The van der Waals surface area contributed by atoms with Crippen LogP contribution in [0.3, 0.4) is 0 Å². The number of aliphatic hydroxyl groups excluding tert-OH is 1. The van der Waals surface area contributed by atoms with Gasteiger partial charge in [0.05, 0.1) is 6.10 Å². The van der Waals surface area contributed by atoms with Crippen molar-refractivity contribution in [3.8, 4) is 0 Å². The summed E-state index contributed by atoms with van der Waals surface area (Å²) in [5.41, 5.74) is 0.702. The molecule has 0 aliphatic heterocycles. The van der Waals surface area contributed by atoms with Crippen molar-refractivity contribution in [3.05, 3.63) is 29.3 Å². The maximum atomic E-state index is 11.7. The monoisotopic (exact) mass is 268 g/mol. The highest BCUT2D eigenvalue weighted by Crippen LogP contribution is 2.18.